The van der Waals surface area contributed by atoms with Crippen LogP contribution >= 0.6 is 0 Å². The van der Waals surface area contributed by atoms with Crippen LogP contribution in [0.25, 0.3) is 5.69 Å². The van der Waals surface area contributed by atoms with Crippen LogP contribution in [0.1, 0.15) is 22.4 Å². The molecule has 0 saturated heterocycles. The van der Waals surface area contributed by atoms with Gasteiger partial charge in [0, 0.05) is 11.8 Å². The lowest BCUT2D eigenvalue weighted by atomic mass is 10.1. The molecule has 2 aromatic rings. The third-order valence-electron chi connectivity index (χ3n) is 2.49. The van der Waals surface area contributed by atoms with E-state index in [-0.39, 0.29) is 0 Å². The van der Waals surface area contributed by atoms with Gasteiger partial charge in [-0.15, -0.1) is 6.42 Å². The number of aromatic nitrogens is 2. The summed E-state index contributed by atoms with van der Waals surface area (Å²) >= 11 is 0. The number of aryl methyl sites for hydroxylation is 2. The predicted octanol–water partition coefficient (Wildman–Crippen LogP) is 2.34. The number of nitriles is 1. The molecule has 0 aliphatic carbocycles. The molecule has 0 atom stereocenters. The summed E-state index contributed by atoms with van der Waals surface area (Å²) in [4.78, 5) is 0. The lowest BCUT2D eigenvalue weighted by molar-refractivity contribution is 0.872. The molecule has 0 unspecified atom stereocenters. The molecule has 1 heterocycles. The van der Waals surface area contributed by atoms with Crippen LogP contribution in [0.15, 0.2) is 24.4 Å². The van der Waals surface area contributed by atoms with E-state index in [0.29, 0.717) is 11.3 Å². The first-order valence-electron chi connectivity index (χ1n) is 5.19. The molecule has 0 bridgehead atoms. The van der Waals surface area contributed by atoms with Gasteiger partial charge in [-0.2, -0.15) is 10.4 Å². The van der Waals surface area contributed by atoms with E-state index < -0.39 is 0 Å². The Morgan fingerprint density at radius 3 is 2.65 bits per heavy atom. The predicted molar refractivity (Wildman–Crippen MR) is 65.7 cm³/mol. The van der Waals surface area contributed by atoms with Gasteiger partial charge in [0.25, 0.3) is 0 Å². The molecule has 3 nitrogen and oxygen atoms in total. The van der Waals surface area contributed by atoms with Gasteiger partial charge in [0.15, 0.2) is 0 Å². The van der Waals surface area contributed by atoms with Crippen molar-refractivity contribution in [2.75, 3.05) is 0 Å². The van der Waals surface area contributed by atoms with Crippen LogP contribution in [0.3, 0.4) is 0 Å². The first kappa shape index (κ1) is 11.0. The molecule has 1 aromatic heterocycles. The summed E-state index contributed by atoms with van der Waals surface area (Å²) in [7, 11) is 0. The number of rotatable bonds is 1. The van der Waals surface area contributed by atoms with Crippen LogP contribution in [-0.2, 0) is 0 Å². The topological polar surface area (TPSA) is 41.6 Å². The maximum Gasteiger partial charge on any atom is 0.138 e. The Kier molecular flexibility index (Phi) is 2.68. The van der Waals surface area contributed by atoms with Gasteiger partial charge in [0.2, 0.25) is 0 Å². The molecule has 0 radical (unpaired) electrons. The fraction of sp³-hybridized carbons (Fsp3) is 0.143. The van der Waals surface area contributed by atoms with E-state index in [0.717, 1.165) is 16.8 Å². The van der Waals surface area contributed by atoms with Gasteiger partial charge in [-0.1, -0.05) is 0 Å². The molecule has 0 N–H and O–H groups in total. The summed E-state index contributed by atoms with van der Waals surface area (Å²) < 4.78 is 1.71. The fourth-order valence-corrected chi connectivity index (χ4v) is 1.69. The third kappa shape index (κ3) is 2.04. The minimum Gasteiger partial charge on any atom is -0.239 e. The molecule has 2 rings (SSSR count). The molecule has 0 fully saturated rings. The van der Waals surface area contributed by atoms with Gasteiger partial charge in [0.05, 0.1) is 17.3 Å². The number of hydrogen-bond acceptors (Lipinski definition) is 2. The van der Waals surface area contributed by atoms with E-state index >= 15 is 0 Å². The third-order valence-corrected chi connectivity index (χ3v) is 2.49. The number of hydrogen-bond donors (Lipinski definition) is 0. The molecule has 82 valence electrons. The van der Waals surface area contributed by atoms with E-state index in [1.165, 1.54) is 0 Å². The Labute approximate surface area is 100 Å². The summed E-state index contributed by atoms with van der Waals surface area (Å²) in [6.07, 6.45) is 7.22. The summed E-state index contributed by atoms with van der Waals surface area (Å²) in [6, 6.07) is 7.72. The van der Waals surface area contributed by atoms with Gasteiger partial charge in [0.1, 0.15) is 5.69 Å². The van der Waals surface area contributed by atoms with Crippen molar-refractivity contribution in [1.29, 1.82) is 5.26 Å². The van der Waals surface area contributed by atoms with Crippen molar-refractivity contribution in [3.8, 4) is 24.1 Å². The second kappa shape index (κ2) is 4.15. The Morgan fingerprint density at radius 1 is 1.29 bits per heavy atom. The zero-order chi connectivity index (χ0) is 12.4. The zero-order valence-electron chi connectivity index (χ0n) is 9.73. The smallest absolute Gasteiger partial charge is 0.138 e. The monoisotopic (exact) mass is 221 g/mol. The summed E-state index contributed by atoms with van der Waals surface area (Å²) in [5, 5.41) is 13.2. The van der Waals surface area contributed by atoms with E-state index in [4.69, 9.17) is 11.7 Å². The first-order chi connectivity index (χ1) is 8.13. The van der Waals surface area contributed by atoms with Gasteiger partial charge >= 0.3 is 0 Å². The van der Waals surface area contributed by atoms with E-state index in [9.17, 15) is 0 Å². The molecule has 0 aliphatic rings. The van der Waals surface area contributed by atoms with Crippen LogP contribution in [0.4, 0.5) is 0 Å². The molecule has 3 heteroatoms. The molecule has 0 saturated carbocycles. The van der Waals surface area contributed by atoms with E-state index in [2.05, 4.69) is 17.1 Å². The molecule has 0 aliphatic heterocycles. The van der Waals surface area contributed by atoms with E-state index in [1.54, 1.807) is 10.7 Å². The average molecular weight is 221 g/mol. The van der Waals surface area contributed by atoms with Crippen LogP contribution in [0, 0.1) is 37.5 Å². The van der Waals surface area contributed by atoms with Crippen molar-refractivity contribution in [2.45, 2.75) is 13.8 Å². The van der Waals surface area contributed by atoms with Crippen molar-refractivity contribution in [3.05, 3.63) is 46.8 Å². The normalized spacial score (nSPS) is 9.65. The van der Waals surface area contributed by atoms with Crippen LogP contribution < -0.4 is 0 Å². The zero-order valence-corrected chi connectivity index (χ0v) is 9.73. The fourth-order valence-electron chi connectivity index (χ4n) is 1.69. The maximum atomic E-state index is 8.93. The largest absolute Gasteiger partial charge is 0.239 e. The van der Waals surface area contributed by atoms with Gasteiger partial charge in [-0.25, -0.2) is 4.68 Å². The Morgan fingerprint density at radius 2 is 2.06 bits per heavy atom. The Bertz CT molecular complexity index is 651. The highest BCUT2D eigenvalue weighted by Crippen LogP contribution is 2.15. The van der Waals surface area contributed by atoms with Gasteiger partial charge < -0.3 is 0 Å². The van der Waals surface area contributed by atoms with Crippen molar-refractivity contribution >= 4 is 0 Å². The molecule has 0 amide bonds. The molecule has 17 heavy (non-hydrogen) atoms. The maximum absolute atomic E-state index is 8.93. The van der Waals surface area contributed by atoms with Crippen LogP contribution in [0.5, 0.6) is 0 Å². The van der Waals surface area contributed by atoms with Crippen molar-refractivity contribution in [1.82, 2.24) is 9.78 Å². The average Bonchev–Trinajstić information content (AvgIpc) is 2.69. The highest BCUT2D eigenvalue weighted by atomic mass is 15.3. The number of benzene rings is 1. The van der Waals surface area contributed by atoms with Crippen molar-refractivity contribution in [3.63, 3.8) is 0 Å². The van der Waals surface area contributed by atoms with Crippen LogP contribution in [-0.4, -0.2) is 9.78 Å². The summed E-state index contributed by atoms with van der Waals surface area (Å²) in [5.74, 6) is 2.53. The highest BCUT2D eigenvalue weighted by Gasteiger charge is 2.05. The second-order valence-electron chi connectivity index (χ2n) is 3.92. The second-order valence-corrected chi connectivity index (χ2v) is 3.92. The molecular weight excluding hydrogens is 210 g/mol. The van der Waals surface area contributed by atoms with E-state index in [1.807, 2.05) is 32.2 Å². The summed E-state index contributed by atoms with van der Waals surface area (Å²) in [5.41, 5.74) is 4.08. The molecule has 1 aromatic carbocycles. The van der Waals surface area contributed by atoms with Crippen molar-refractivity contribution in [2.24, 2.45) is 0 Å². The highest BCUT2D eigenvalue weighted by molar-refractivity contribution is 5.45. The lowest BCUT2D eigenvalue weighted by Gasteiger charge is -2.03. The Balaban J connectivity index is 2.57. The molecule has 0 spiro atoms. The van der Waals surface area contributed by atoms with Crippen LogP contribution in [0.2, 0.25) is 0 Å². The minimum atomic E-state index is 0.621. The van der Waals surface area contributed by atoms with Gasteiger partial charge in [-0.05, 0) is 43.5 Å². The molecular formula is C14H11N3. The lowest BCUT2D eigenvalue weighted by Crippen LogP contribution is -1.96. The summed E-state index contributed by atoms with van der Waals surface area (Å²) in [6.45, 7) is 3.86. The number of nitrogens with zero attached hydrogens (tertiary/aromatic N) is 3. The standard InChI is InChI=1S/C14H11N3/c1-4-14-11(3)9-17(16-14)13-6-10(2)5-12(7-13)8-15/h1,5-7,9H,2-3H3. The number of terminal acetylenes is 1. The quantitative estimate of drug-likeness (QED) is 0.693. The minimum absolute atomic E-state index is 0.621. The van der Waals surface area contributed by atoms with Crippen molar-refractivity contribution < 1.29 is 0 Å². The first-order valence-corrected chi connectivity index (χ1v) is 5.19. The SMILES string of the molecule is C#Cc1nn(-c2cc(C)cc(C#N)c2)cc1C. The Hall–Kier alpha value is -2.52. The van der Waals surface area contributed by atoms with Gasteiger partial charge in [-0.3, -0.25) is 0 Å².